The van der Waals surface area contributed by atoms with E-state index >= 15 is 0 Å². The van der Waals surface area contributed by atoms with Crippen LogP contribution in [0.2, 0.25) is 0 Å². The van der Waals surface area contributed by atoms with Gasteiger partial charge in [-0.05, 0) is 31.2 Å². The van der Waals surface area contributed by atoms with Gasteiger partial charge in [0.15, 0.2) is 9.84 Å². The SMILES string of the molecule is Cc1[nH]ncc1S(=O)(=O)Nc1ccc(S(C)(=O)=O)cc1. The molecule has 0 aliphatic rings. The van der Waals surface area contributed by atoms with Crippen LogP contribution in [0, 0.1) is 6.92 Å². The fourth-order valence-electron chi connectivity index (χ4n) is 1.59. The monoisotopic (exact) mass is 315 g/mol. The third-order valence-corrected chi connectivity index (χ3v) is 5.23. The number of hydrogen-bond donors (Lipinski definition) is 2. The van der Waals surface area contributed by atoms with Crippen molar-refractivity contribution in [1.29, 1.82) is 0 Å². The molecule has 0 atom stereocenters. The van der Waals surface area contributed by atoms with Crippen LogP contribution in [0.15, 0.2) is 40.3 Å². The molecule has 0 radical (unpaired) electrons. The van der Waals surface area contributed by atoms with E-state index in [1.165, 1.54) is 30.5 Å². The molecule has 2 aromatic rings. The molecule has 0 spiro atoms. The highest BCUT2D eigenvalue weighted by molar-refractivity contribution is 7.92. The maximum absolute atomic E-state index is 12.1. The van der Waals surface area contributed by atoms with E-state index < -0.39 is 19.9 Å². The second-order valence-corrected chi connectivity index (χ2v) is 7.93. The molecule has 2 N–H and O–H groups in total. The normalized spacial score (nSPS) is 12.3. The van der Waals surface area contributed by atoms with Crippen molar-refractivity contribution in [1.82, 2.24) is 10.2 Å². The summed E-state index contributed by atoms with van der Waals surface area (Å²) in [6, 6.07) is 5.47. The molecule has 2 rings (SSSR count). The summed E-state index contributed by atoms with van der Waals surface area (Å²) in [6.45, 7) is 1.59. The number of aryl methyl sites for hydroxylation is 1. The van der Waals surface area contributed by atoms with Crippen LogP contribution in [-0.2, 0) is 19.9 Å². The van der Waals surface area contributed by atoms with Crippen LogP contribution in [0.1, 0.15) is 5.69 Å². The highest BCUT2D eigenvalue weighted by Crippen LogP contribution is 2.19. The van der Waals surface area contributed by atoms with Crippen LogP contribution in [0.4, 0.5) is 5.69 Å². The van der Waals surface area contributed by atoms with E-state index in [1.54, 1.807) is 6.92 Å². The van der Waals surface area contributed by atoms with Crippen LogP contribution in [0.3, 0.4) is 0 Å². The number of rotatable bonds is 4. The van der Waals surface area contributed by atoms with Gasteiger partial charge >= 0.3 is 0 Å². The second kappa shape index (κ2) is 4.91. The van der Waals surface area contributed by atoms with E-state index in [1.807, 2.05) is 0 Å². The van der Waals surface area contributed by atoms with Gasteiger partial charge in [0, 0.05) is 11.9 Å². The standard InChI is InChI=1S/C11H13N3O4S2/c1-8-11(7-12-13-8)20(17,18)14-9-3-5-10(6-4-9)19(2,15)16/h3-7,14H,1-2H3,(H,12,13). The van der Waals surface area contributed by atoms with Gasteiger partial charge in [0.2, 0.25) is 0 Å². The topological polar surface area (TPSA) is 109 Å². The highest BCUT2D eigenvalue weighted by atomic mass is 32.2. The number of aromatic amines is 1. The van der Waals surface area contributed by atoms with E-state index in [9.17, 15) is 16.8 Å². The van der Waals surface area contributed by atoms with Gasteiger partial charge in [-0.25, -0.2) is 16.8 Å². The smallest absolute Gasteiger partial charge is 0.265 e. The first-order valence-corrected chi connectivity index (χ1v) is 8.90. The van der Waals surface area contributed by atoms with Crippen LogP contribution >= 0.6 is 0 Å². The molecule has 0 unspecified atom stereocenters. The summed E-state index contributed by atoms with van der Waals surface area (Å²) in [5.74, 6) is 0. The molecule has 108 valence electrons. The molecule has 9 heteroatoms. The Labute approximate surface area is 117 Å². The molecule has 0 aliphatic heterocycles. The summed E-state index contributed by atoms with van der Waals surface area (Å²) in [7, 11) is -7.05. The number of H-pyrrole nitrogens is 1. The van der Waals surface area contributed by atoms with Gasteiger partial charge < -0.3 is 0 Å². The maximum Gasteiger partial charge on any atom is 0.265 e. The highest BCUT2D eigenvalue weighted by Gasteiger charge is 2.18. The number of sulfonamides is 1. The van der Waals surface area contributed by atoms with Gasteiger partial charge in [0.1, 0.15) is 4.90 Å². The molecule has 1 aromatic heterocycles. The quantitative estimate of drug-likeness (QED) is 0.872. The zero-order chi connectivity index (χ0) is 15.0. The van der Waals surface area contributed by atoms with Crippen molar-refractivity contribution in [3.8, 4) is 0 Å². The van der Waals surface area contributed by atoms with E-state index in [4.69, 9.17) is 0 Å². The third kappa shape index (κ3) is 2.99. The van der Waals surface area contributed by atoms with Crippen LogP contribution < -0.4 is 4.72 Å². The molecule has 0 amide bonds. The van der Waals surface area contributed by atoms with E-state index in [-0.39, 0.29) is 15.5 Å². The Hall–Kier alpha value is -1.87. The number of nitrogens with one attached hydrogen (secondary N) is 2. The Kier molecular flexibility index (Phi) is 3.57. The van der Waals surface area contributed by atoms with Crippen molar-refractivity contribution < 1.29 is 16.8 Å². The zero-order valence-corrected chi connectivity index (χ0v) is 12.4. The lowest BCUT2D eigenvalue weighted by molar-refractivity contribution is 0.600. The number of aromatic nitrogens is 2. The third-order valence-electron chi connectivity index (χ3n) is 2.61. The summed E-state index contributed by atoms with van der Waals surface area (Å²) in [4.78, 5) is 0.171. The number of nitrogens with zero attached hydrogens (tertiary/aromatic N) is 1. The second-order valence-electron chi connectivity index (χ2n) is 4.26. The van der Waals surface area contributed by atoms with Crippen LogP contribution in [-0.4, -0.2) is 33.3 Å². The number of sulfone groups is 1. The van der Waals surface area contributed by atoms with Crippen LogP contribution in [0.25, 0.3) is 0 Å². The molecule has 0 bridgehead atoms. The molecule has 7 nitrogen and oxygen atoms in total. The van der Waals surface area contributed by atoms with Gasteiger partial charge in [-0.3, -0.25) is 9.82 Å². The van der Waals surface area contributed by atoms with E-state index in [2.05, 4.69) is 14.9 Å². The van der Waals surface area contributed by atoms with Crippen LogP contribution in [0.5, 0.6) is 0 Å². The first-order valence-electron chi connectivity index (χ1n) is 5.53. The van der Waals surface area contributed by atoms with Crippen molar-refractivity contribution in [2.75, 3.05) is 11.0 Å². The Morgan fingerprint density at radius 1 is 1.10 bits per heavy atom. The van der Waals surface area contributed by atoms with Crippen molar-refractivity contribution in [2.24, 2.45) is 0 Å². The molecular weight excluding hydrogens is 302 g/mol. The van der Waals surface area contributed by atoms with Gasteiger partial charge in [-0.2, -0.15) is 5.10 Å². The first-order chi connectivity index (χ1) is 9.20. The lowest BCUT2D eigenvalue weighted by atomic mass is 10.3. The first kappa shape index (κ1) is 14.5. The summed E-state index contributed by atoms with van der Waals surface area (Å²) >= 11 is 0. The fourth-order valence-corrected chi connectivity index (χ4v) is 3.42. The summed E-state index contributed by atoms with van der Waals surface area (Å²) in [5.41, 5.74) is 0.697. The number of benzene rings is 1. The molecule has 0 aliphatic carbocycles. The Morgan fingerprint density at radius 2 is 1.70 bits per heavy atom. The fraction of sp³-hybridized carbons (Fsp3) is 0.182. The minimum atomic E-state index is -3.74. The van der Waals surface area contributed by atoms with Gasteiger partial charge in [-0.15, -0.1) is 0 Å². The molecule has 0 saturated carbocycles. The Balaban J connectivity index is 2.29. The van der Waals surface area contributed by atoms with Crippen molar-refractivity contribution in [3.05, 3.63) is 36.2 Å². The van der Waals surface area contributed by atoms with Gasteiger partial charge in [0.25, 0.3) is 10.0 Å². The predicted octanol–water partition coefficient (Wildman–Crippen LogP) is 0.922. The molecule has 20 heavy (non-hydrogen) atoms. The van der Waals surface area contributed by atoms with Crippen molar-refractivity contribution in [2.45, 2.75) is 16.7 Å². The average molecular weight is 315 g/mol. The largest absolute Gasteiger partial charge is 0.281 e. The molecule has 0 fully saturated rings. The van der Waals surface area contributed by atoms with Gasteiger partial charge in [-0.1, -0.05) is 0 Å². The van der Waals surface area contributed by atoms with Crippen molar-refractivity contribution >= 4 is 25.5 Å². The minimum absolute atomic E-state index is 0.0460. The molecule has 0 saturated heterocycles. The van der Waals surface area contributed by atoms with E-state index in [0.29, 0.717) is 5.69 Å². The van der Waals surface area contributed by atoms with E-state index in [0.717, 1.165) is 6.26 Å². The molecular formula is C11H13N3O4S2. The summed E-state index contributed by atoms with van der Waals surface area (Å²) in [5, 5.41) is 6.19. The molecule has 1 aromatic carbocycles. The Bertz CT molecular complexity index is 821. The molecule has 1 heterocycles. The lowest BCUT2D eigenvalue weighted by Crippen LogP contribution is -2.13. The zero-order valence-electron chi connectivity index (χ0n) is 10.8. The number of anilines is 1. The average Bonchev–Trinajstić information content (AvgIpc) is 2.75. The predicted molar refractivity (Wildman–Crippen MR) is 73.7 cm³/mol. The lowest BCUT2D eigenvalue weighted by Gasteiger charge is -2.07. The van der Waals surface area contributed by atoms with Crippen molar-refractivity contribution in [3.63, 3.8) is 0 Å². The number of hydrogen-bond acceptors (Lipinski definition) is 5. The maximum atomic E-state index is 12.1. The minimum Gasteiger partial charge on any atom is -0.281 e. The Morgan fingerprint density at radius 3 is 2.15 bits per heavy atom. The summed E-state index contributed by atoms with van der Waals surface area (Å²) in [6.07, 6.45) is 2.30. The van der Waals surface area contributed by atoms with Gasteiger partial charge in [0.05, 0.1) is 16.8 Å². The summed E-state index contributed by atoms with van der Waals surface area (Å²) < 4.78 is 49.1.